The Hall–Kier alpha value is -2.21. The van der Waals surface area contributed by atoms with E-state index in [0.29, 0.717) is 5.92 Å². The van der Waals surface area contributed by atoms with Crippen molar-refractivity contribution in [3.63, 3.8) is 0 Å². The van der Waals surface area contributed by atoms with E-state index < -0.39 is 0 Å². The normalized spacial score (nSPS) is 21.2. The van der Waals surface area contributed by atoms with Crippen molar-refractivity contribution in [3.8, 4) is 0 Å². The van der Waals surface area contributed by atoms with E-state index in [2.05, 4.69) is 41.4 Å². The Balaban J connectivity index is 1.38. The second kappa shape index (κ2) is 8.43. The molecule has 6 nitrogen and oxygen atoms in total. The molecule has 1 amide bonds. The van der Waals surface area contributed by atoms with Gasteiger partial charge in [-0.2, -0.15) is 4.98 Å². The Kier molecular flexibility index (Phi) is 5.76. The lowest BCUT2D eigenvalue weighted by molar-refractivity contribution is 0.0704. The quantitative estimate of drug-likeness (QED) is 0.873. The van der Waals surface area contributed by atoms with E-state index in [0.717, 1.165) is 56.3 Å². The Morgan fingerprint density at radius 3 is 2.71 bits per heavy atom. The van der Waals surface area contributed by atoms with Gasteiger partial charge in [0.1, 0.15) is 0 Å². The van der Waals surface area contributed by atoms with Gasteiger partial charge in [-0.1, -0.05) is 31.1 Å². The van der Waals surface area contributed by atoms with Crippen LogP contribution < -0.4 is 5.32 Å². The highest BCUT2D eigenvalue weighted by atomic mass is 16.5. The van der Waals surface area contributed by atoms with Gasteiger partial charge in [0, 0.05) is 37.0 Å². The first-order chi connectivity index (χ1) is 13.6. The summed E-state index contributed by atoms with van der Waals surface area (Å²) in [5.74, 6) is 2.66. The predicted octanol–water partition coefficient (Wildman–Crippen LogP) is 3.68. The molecule has 1 aromatic carbocycles. The lowest BCUT2D eigenvalue weighted by Crippen LogP contribution is -2.38. The van der Waals surface area contributed by atoms with Crippen LogP contribution in [0.15, 0.2) is 28.8 Å². The molecule has 0 radical (unpaired) electrons. The van der Waals surface area contributed by atoms with Gasteiger partial charge in [0.15, 0.2) is 5.82 Å². The zero-order valence-corrected chi connectivity index (χ0v) is 16.9. The van der Waals surface area contributed by atoms with Crippen LogP contribution in [-0.4, -0.2) is 47.1 Å². The van der Waals surface area contributed by atoms with Gasteiger partial charge in [-0.25, -0.2) is 0 Å². The first-order valence-electron chi connectivity index (χ1n) is 10.5. The molecular formula is C22H30N4O2. The number of carbonyl (C=O) groups is 1. The standard InChI is InChI=1S/C22H30N4O2/c1-15(2)20-24-21(28-25-20)16-8-11-26(12-9-16)22(27)18-6-3-5-17(13-18)19-7-4-10-23-14-19/h3,5-6,13,15-16,19,23H,4,7-12,14H2,1-2H3/t19-/m0/s1. The van der Waals surface area contributed by atoms with E-state index >= 15 is 0 Å². The smallest absolute Gasteiger partial charge is 0.253 e. The number of carbonyl (C=O) groups excluding carboxylic acids is 1. The number of nitrogens with one attached hydrogen (secondary N) is 1. The van der Waals surface area contributed by atoms with Crippen LogP contribution in [0.3, 0.4) is 0 Å². The molecule has 150 valence electrons. The Bertz CT molecular complexity index is 802. The highest BCUT2D eigenvalue weighted by Gasteiger charge is 2.28. The topological polar surface area (TPSA) is 71.3 Å². The number of amides is 1. The van der Waals surface area contributed by atoms with Crippen LogP contribution in [0.25, 0.3) is 0 Å². The lowest BCUT2D eigenvalue weighted by atomic mass is 9.90. The molecule has 1 N–H and O–H groups in total. The maximum atomic E-state index is 13.0. The maximum Gasteiger partial charge on any atom is 0.253 e. The summed E-state index contributed by atoms with van der Waals surface area (Å²) in [4.78, 5) is 19.5. The van der Waals surface area contributed by atoms with Crippen LogP contribution in [-0.2, 0) is 0 Å². The number of likely N-dealkylation sites (tertiary alicyclic amines) is 1. The number of aromatic nitrogens is 2. The van der Waals surface area contributed by atoms with Gasteiger partial charge in [-0.15, -0.1) is 0 Å². The van der Waals surface area contributed by atoms with Crippen molar-refractivity contribution in [1.82, 2.24) is 20.4 Å². The van der Waals surface area contributed by atoms with Crippen molar-refractivity contribution >= 4 is 5.91 Å². The average molecular weight is 383 g/mol. The van der Waals surface area contributed by atoms with Gasteiger partial charge in [0.2, 0.25) is 5.89 Å². The highest BCUT2D eigenvalue weighted by Crippen LogP contribution is 2.29. The largest absolute Gasteiger partial charge is 0.339 e. The Morgan fingerprint density at radius 1 is 1.21 bits per heavy atom. The van der Waals surface area contributed by atoms with Gasteiger partial charge in [-0.05, 0) is 55.8 Å². The zero-order chi connectivity index (χ0) is 19.5. The summed E-state index contributed by atoms with van der Waals surface area (Å²) in [5.41, 5.74) is 2.08. The summed E-state index contributed by atoms with van der Waals surface area (Å²) in [6.45, 7) is 7.70. The third-order valence-corrected chi connectivity index (χ3v) is 6.01. The van der Waals surface area contributed by atoms with Gasteiger partial charge >= 0.3 is 0 Å². The highest BCUT2D eigenvalue weighted by molar-refractivity contribution is 5.94. The third-order valence-electron chi connectivity index (χ3n) is 6.01. The first kappa shape index (κ1) is 19.1. The van der Waals surface area contributed by atoms with E-state index in [1.54, 1.807) is 0 Å². The number of benzene rings is 1. The summed E-state index contributed by atoms with van der Waals surface area (Å²) in [7, 11) is 0. The molecular weight excluding hydrogens is 352 g/mol. The molecule has 0 bridgehead atoms. The molecule has 4 rings (SSSR count). The number of hydrogen-bond acceptors (Lipinski definition) is 5. The average Bonchev–Trinajstić information content (AvgIpc) is 3.25. The number of piperidine rings is 2. The summed E-state index contributed by atoms with van der Waals surface area (Å²) >= 11 is 0. The molecule has 0 saturated carbocycles. The summed E-state index contributed by atoms with van der Waals surface area (Å²) < 4.78 is 5.46. The van der Waals surface area contributed by atoms with E-state index in [4.69, 9.17) is 4.52 Å². The van der Waals surface area contributed by atoms with Crippen molar-refractivity contribution in [2.24, 2.45) is 0 Å². The molecule has 0 spiro atoms. The number of hydrogen-bond donors (Lipinski definition) is 1. The van der Waals surface area contributed by atoms with Crippen LogP contribution in [0.1, 0.15) is 84.9 Å². The molecule has 2 fully saturated rings. The van der Waals surface area contributed by atoms with E-state index in [9.17, 15) is 4.79 Å². The van der Waals surface area contributed by atoms with Crippen LogP contribution in [0.2, 0.25) is 0 Å². The molecule has 3 heterocycles. The van der Waals surface area contributed by atoms with Crippen LogP contribution in [0.5, 0.6) is 0 Å². The van der Waals surface area contributed by atoms with Crippen LogP contribution in [0.4, 0.5) is 0 Å². The van der Waals surface area contributed by atoms with Gasteiger partial charge < -0.3 is 14.7 Å². The minimum atomic E-state index is 0.137. The molecule has 0 aliphatic carbocycles. The fourth-order valence-electron chi connectivity index (χ4n) is 4.22. The monoisotopic (exact) mass is 382 g/mol. The number of nitrogens with zero attached hydrogens (tertiary/aromatic N) is 3. The summed E-state index contributed by atoms with van der Waals surface area (Å²) in [6, 6.07) is 8.22. The van der Waals surface area contributed by atoms with Crippen molar-refractivity contribution in [2.45, 2.75) is 57.3 Å². The molecule has 1 aromatic heterocycles. The fraction of sp³-hybridized carbons (Fsp3) is 0.591. The number of rotatable bonds is 4. The van der Waals surface area contributed by atoms with Crippen molar-refractivity contribution in [3.05, 3.63) is 47.1 Å². The molecule has 2 aromatic rings. The Labute approximate surface area is 166 Å². The summed E-state index contributed by atoms with van der Waals surface area (Å²) in [6.07, 6.45) is 4.14. The van der Waals surface area contributed by atoms with E-state index in [1.807, 2.05) is 17.0 Å². The molecule has 1 atom stereocenters. The molecule has 2 aliphatic heterocycles. The molecule has 2 saturated heterocycles. The zero-order valence-electron chi connectivity index (χ0n) is 16.9. The van der Waals surface area contributed by atoms with E-state index in [1.165, 1.54) is 18.4 Å². The first-order valence-corrected chi connectivity index (χ1v) is 10.5. The fourth-order valence-corrected chi connectivity index (χ4v) is 4.22. The van der Waals surface area contributed by atoms with E-state index in [-0.39, 0.29) is 17.7 Å². The predicted molar refractivity (Wildman–Crippen MR) is 108 cm³/mol. The molecule has 6 heteroatoms. The third kappa shape index (κ3) is 4.12. The minimum Gasteiger partial charge on any atom is -0.339 e. The molecule has 2 aliphatic rings. The van der Waals surface area contributed by atoms with Gasteiger partial charge in [0.05, 0.1) is 0 Å². The summed E-state index contributed by atoms with van der Waals surface area (Å²) in [5, 5.41) is 7.53. The van der Waals surface area contributed by atoms with Gasteiger partial charge in [0.25, 0.3) is 5.91 Å². The Morgan fingerprint density at radius 2 is 2.04 bits per heavy atom. The molecule has 0 unspecified atom stereocenters. The van der Waals surface area contributed by atoms with Crippen molar-refractivity contribution < 1.29 is 9.32 Å². The second-order valence-corrected chi connectivity index (χ2v) is 8.38. The van der Waals surface area contributed by atoms with Crippen molar-refractivity contribution in [2.75, 3.05) is 26.2 Å². The van der Waals surface area contributed by atoms with Gasteiger partial charge in [-0.3, -0.25) is 4.79 Å². The lowest BCUT2D eigenvalue weighted by Gasteiger charge is -2.31. The second-order valence-electron chi connectivity index (χ2n) is 8.38. The maximum absolute atomic E-state index is 13.0. The molecule has 28 heavy (non-hydrogen) atoms. The van der Waals surface area contributed by atoms with Crippen LogP contribution in [0, 0.1) is 0 Å². The minimum absolute atomic E-state index is 0.137. The van der Waals surface area contributed by atoms with Crippen LogP contribution >= 0.6 is 0 Å². The van der Waals surface area contributed by atoms with Crippen molar-refractivity contribution in [1.29, 1.82) is 0 Å². The SMILES string of the molecule is CC(C)c1noc(C2CCN(C(=O)c3cccc([C@H]4CCCNC4)c3)CC2)n1.